The molecule has 0 fully saturated rings. The van der Waals surface area contributed by atoms with E-state index in [0.29, 0.717) is 5.71 Å². The summed E-state index contributed by atoms with van der Waals surface area (Å²) in [6.07, 6.45) is 0. The van der Waals surface area contributed by atoms with Crippen LogP contribution in [-0.2, 0) is 0 Å². The summed E-state index contributed by atoms with van der Waals surface area (Å²) in [5.41, 5.74) is 10.4. The highest BCUT2D eigenvalue weighted by Gasteiger charge is 2.28. The second-order valence-corrected chi connectivity index (χ2v) is 4.43. The summed E-state index contributed by atoms with van der Waals surface area (Å²) in [4.78, 5) is 3.37. The van der Waals surface area contributed by atoms with E-state index in [9.17, 15) is 0 Å². The minimum atomic E-state index is -0.193. The minimum Gasteiger partial charge on any atom is -0.497 e. The number of hydrogen-bond acceptors (Lipinski definition) is 1. The van der Waals surface area contributed by atoms with E-state index in [1.54, 1.807) is 7.11 Å². The lowest BCUT2D eigenvalue weighted by atomic mass is 9.86. The van der Waals surface area contributed by atoms with Crippen LogP contribution in [0.4, 0.5) is 0 Å². The Morgan fingerprint density at radius 2 is 2.00 bits per heavy atom. The van der Waals surface area contributed by atoms with Crippen molar-refractivity contribution in [2.24, 2.45) is 5.41 Å². The molecule has 0 aliphatic rings. The summed E-state index contributed by atoms with van der Waals surface area (Å²) in [6, 6.07) is 7.51. The zero-order valence-corrected chi connectivity index (χ0v) is 9.61. The molecular weight excluding hydrogens is 188 g/mol. The summed E-state index contributed by atoms with van der Waals surface area (Å²) in [7, 11) is 1.62. The molecule has 0 aliphatic carbocycles. The molecule has 0 saturated heterocycles. The van der Waals surface area contributed by atoms with Crippen molar-refractivity contribution in [3.05, 3.63) is 35.4 Å². The predicted molar refractivity (Wildman–Crippen MR) is 60.2 cm³/mol. The molecule has 1 rings (SSSR count). The van der Waals surface area contributed by atoms with E-state index in [1.165, 1.54) is 0 Å². The summed E-state index contributed by atoms with van der Waals surface area (Å²) in [5, 5.41) is 0. The quantitative estimate of drug-likeness (QED) is 0.415. The third-order valence-corrected chi connectivity index (χ3v) is 2.15. The van der Waals surface area contributed by atoms with Crippen LogP contribution in [0.25, 0.3) is 5.53 Å². The van der Waals surface area contributed by atoms with Gasteiger partial charge in [-0.1, -0.05) is 6.07 Å². The van der Waals surface area contributed by atoms with E-state index >= 15 is 0 Å². The molecule has 0 aliphatic heterocycles. The maximum absolute atomic E-state index is 9.03. The second-order valence-electron chi connectivity index (χ2n) is 4.43. The van der Waals surface area contributed by atoms with Crippen LogP contribution < -0.4 is 4.74 Å². The van der Waals surface area contributed by atoms with E-state index in [1.807, 2.05) is 45.0 Å². The van der Waals surface area contributed by atoms with Gasteiger partial charge in [0.05, 0.1) is 18.1 Å². The maximum atomic E-state index is 9.03. The van der Waals surface area contributed by atoms with Crippen molar-refractivity contribution in [2.75, 3.05) is 7.11 Å². The smallest absolute Gasteiger partial charge is 0.304 e. The lowest BCUT2D eigenvalue weighted by Gasteiger charge is -2.12. The highest BCUT2D eigenvalue weighted by Crippen LogP contribution is 2.22. The minimum absolute atomic E-state index is 0.193. The Bertz CT molecular complexity index is 398. The van der Waals surface area contributed by atoms with Crippen LogP contribution in [0.2, 0.25) is 0 Å². The largest absolute Gasteiger partial charge is 0.497 e. The first-order valence-corrected chi connectivity index (χ1v) is 4.86. The molecule has 0 saturated carbocycles. The topological polar surface area (TPSA) is 45.6 Å². The number of methoxy groups -OCH3 is 1. The van der Waals surface area contributed by atoms with Crippen molar-refractivity contribution in [3.63, 3.8) is 0 Å². The lowest BCUT2D eigenvalue weighted by molar-refractivity contribution is -0.0157. The van der Waals surface area contributed by atoms with Crippen molar-refractivity contribution in [1.29, 1.82) is 0 Å². The molecule has 0 N–H and O–H groups in total. The molecule has 1 aromatic rings. The van der Waals surface area contributed by atoms with Gasteiger partial charge in [0.15, 0.2) is 0 Å². The van der Waals surface area contributed by atoms with Gasteiger partial charge in [-0.05, 0) is 39.0 Å². The molecule has 0 unspecified atom stereocenters. The maximum Gasteiger partial charge on any atom is 0.304 e. The summed E-state index contributed by atoms with van der Waals surface area (Å²) < 4.78 is 5.13. The number of nitrogens with zero attached hydrogens (tertiary/aromatic N) is 2. The third-order valence-electron chi connectivity index (χ3n) is 2.15. The van der Waals surface area contributed by atoms with Crippen molar-refractivity contribution in [3.8, 4) is 5.75 Å². The molecule has 1 aromatic carbocycles. The van der Waals surface area contributed by atoms with Crippen molar-refractivity contribution < 1.29 is 9.53 Å². The Kier molecular flexibility index (Phi) is 3.28. The number of ether oxygens (including phenoxy) is 1. The fraction of sp³-hybridized carbons (Fsp3) is 0.417. The van der Waals surface area contributed by atoms with E-state index < -0.39 is 0 Å². The monoisotopic (exact) mass is 204 g/mol. The summed E-state index contributed by atoms with van der Waals surface area (Å²) >= 11 is 0. The summed E-state index contributed by atoms with van der Waals surface area (Å²) in [5.74, 6) is 0.762. The molecule has 80 valence electrons. The molecule has 0 heterocycles. The molecule has 0 bridgehead atoms. The number of hydrogen-bond donors (Lipinski definition) is 0. The molecule has 3 nitrogen and oxygen atoms in total. The normalized spacial score (nSPS) is 10.7. The molecule has 3 heteroatoms. The first kappa shape index (κ1) is 11.5. The van der Waals surface area contributed by atoms with Gasteiger partial charge in [0.25, 0.3) is 0 Å². The summed E-state index contributed by atoms with van der Waals surface area (Å²) in [6.45, 7) is 6.00. The first-order chi connectivity index (χ1) is 6.99. The van der Waals surface area contributed by atoms with Crippen LogP contribution in [-0.4, -0.2) is 17.6 Å². The molecule has 15 heavy (non-hydrogen) atoms. The lowest BCUT2D eigenvalue weighted by Crippen LogP contribution is -2.22. The van der Waals surface area contributed by atoms with Gasteiger partial charge >= 0.3 is 5.71 Å². The van der Waals surface area contributed by atoms with Gasteiger partial charge in [-0.2, -0.15) is 4.79 Å². The zero-order valence-electron chi connectivity index (χ0n) is 9.61. The zero-order chi connectivity index (χ0) is 11.5. The average molecular weight is 204 g/mol. The van der Waals surface area contributed by atoms with Gasteiger partial charge in [0, 0.05) is 0 Å². The van der Waals surface area contributed by atoms with Gasteiger partial charge in [-0.15, -0.1) is 0 Å². The fourth-order valence-corrected chi connectivity index (χ4v) is 1.41. The predicted octanol–water partition coefficient (Wildman–Crippen LogP) is 2.76. The first-order valence-electron chi connectivity index (χ1n) is 4.86. The van der Waals surface area contributed by atoms with Crippen molar-refractivity contribution in [2.45, 2.75) is 20.8 Å². The van der Waals surface area contributed by atoms with Gasteiger partial charge in [0.2, 0.25) is 0 Å². The van der Waals surface area contributed by atoms with Crippen LogP contribution in [0, 0.1) is 5.41 Å². The molecule has 0 spiro atoms. The number of benzene rings is 1. The van der Waals surface area contributed by atoms with Crippen LogP contribution in [0.3, 0.4) is 0 Å². The Balaban J connectivity index is 3.20. The molecule has 0 amide bonds. The van der Waals surface area contributed by atoms with Crippen LogP contribution in [0.1, 0.15) is 26.3 Å². The Hall–Kier alpha value is -1.60. The van der Waals surface area contributed by atoms with Crippen LogP contribution in [0.15, 0.2) is 24.3 Å². The third kappa shape index (κ3) is 2.67. The van der Waals surface area contributed by atoms with E-state index in [0.717, 1.165) is 11.3 Å². The average Bonchev–Trinajstić information content (AvgIpc) is 2.17. The molecular formula is C12H16N2O. The molecule has 0 radical (unpaired) electrons. The molecule has 0 atom stereocenters. The van der Waals surface area contributed by atoms with Crippen molar-refractivity contribution in [1.82, 2.24) is 0 Å². The van der Waals surface area contributed by atoms with Gasteiger partial charge in [0.1, 0.15) is 5.75 Å². The van der Waals surface area contributed by atoms with E-state index in [2.05, 4.69) is 4.79 Å². The van der Waals surface area contributed by atoms with Gasteiger partial charge < -0.3 is 10.3 Å². The number of rotatable bonds is 2. The Labute approximate surface area is 90.3 Å². The Morgan fingerprint density at radius 1 is 1.33 bits per heavy atom. The van der Waals surface area contributed by atoms with Crippen molar-refractivity contribution >= 4 is 5.71 Å². The second kappa shape index (κ2) is 4.28. The van der Waals surface area contributed by atoms with Gasteiger partial charge in [-0.3, -0.25) is 0 Å². The highest BCUT2D eigenvalue weighted by atomic mass is 16.5. The van der Waals surface area contributed by atoms with Crippen LogP contribution in [0.5, 0.6) is 5.75 Å². The Morgan fingerprint density at radius 3 is 2.47 bits per heavy atom. The molecule has 0 aromatic heterocycles. The SMILES string of the molecule is COc1cccc(C(=[N+]=[N-])C(C)(C)C)c1. The van der Waals surface area contributed by atoms with E-state index in [-0.39, 0.29) is 5.41 Å². The fourth-order valence-electron chi connectivity index (χ4n) is 1.41. The van der Waals surface area contributed by atoms with E-state index in [4.69, 9.17) is 10.3 Å². The van der Waals surface area contributed by atoms with Crippen LogP contribution >= 0.6 is 0 Å². The van der Waals surface area contributed by atoms with Gasteiger partial charge in [-0.25, -0.2) is 0 Å². The standard InChI is InChI=1S/C12H16N2O/c1-12(2,3)11(14-13)9-6-5-7-10(8-9)15-4/h5-8H,1-4H3. The highest BCUT2D eigenvalue weighted by molar-refractivity contribution is 6.00.